The van der Waals surface area contributed by atoms with Crippen LogP contribution in [0.3, 0.4) is 0 Å². The zero-order valence-electron chi connectivity index (χ0n) is 14.4. The van der Waals surface area contributed by atoms with Gasteiger partial charge >= 0.3 is 5.69 Å². The molecule has 0 aliphatic rings. The number of rotatable bonds is 6. The number of hydrogen-bond donors (Lipinski definition) is 3. The summed E-state index contributed by atoms with van der Waals surface area (Å²) in [5.74, 6) is -0.704. The minimum absolute atomic E-state index is 0.0545. The zero-order chi connectivity index (χ0) is 19.4. The third-order valence-corrected chi connectivity index (χ3v) is 4.08. The van der Waals surface area contributed by atoms with E-state index >= 15 is 0 Å². The number of primary amides is 1. The van der Waals surface area contributed by atoms with Crippen molar-refractivity contribution in [3.8, 4) is 0 Å². The van der Waals surface area contributed by atoms with Crippen molar-refractivity contribution in [2.24, 2.45) is 5.73 Å². The van der Waals surface area contributed by atoms with Crippen molar-refractivity contribution in [1.82, 2.24) is 9.55 Å². The van der Waals surface area contributed by atoms with Crippen molar-refractivity contribution in [3.05, 3.63) is 74.9 Å². The largest absolute Gasteiger partial charge is 0.369 e. The lowest BCUT2D eigenvalue weighted by Gasteiger charge is -2.10. The first-order valence-corrected chi connectivity index (χ1v) is 8.33. The van der Waals surface area contributed by atoms with Crippen LogP contribution in [-0.4, -0.2) is 21.4 Å². The predicted octanol–water partition coefficient (Wildman–Crippen LogP) is 0.746. The van der Waals surface area contributed by atoms with Crippen molar-refractivity contribution in [3.63, 3.8) is 0 Å². The third kappa shape index (κ3) is 4.30. The van der Waals surface area contributed by atoms with Crippen LogP contribution in [-0.2, 0) is 22.6 Å². The molecule has 0 aliphatic heterocycles. The van der Waals surface area contributed by atoms with Crippen LogP contribution in [0.15, 0.2) is 58.1 Å². The second kappa shape index (κ2) is 7.69. The second-order valence-electron chi connectivity index (χ2n) is 6.07. The molecule has 0 radical (unpaired) electrons. The molecule has 138 valence electrons. The smallest absolute Gasteiger partial charge is 0.328 e. The Kier molecular flexibility index (Phi) is 5.16. The summed E-state index contributed by atoms with van der Waals surface area (Å²) in [5, 5.41) is 3.12. The molecule has 1 aromatic heterocycles. The molecule has 0 aliphatic carbocycles. The predicted molar refractivity (Wildman–Crippen MR) is 101 cm³/mol. The number of nitrogens with zero attached hydrogens (tertiary/aromatic N) is 1. The van der Waals surface area contributed by atoms with Gasteiger partial charge in [-0.2, -0.15) is 0 Å². The van der Waals surface area contributed by atoms with Gasteiger partial charge in [-0.25, -0.2) is 4.79 Å². The number of aryl methyl sites for hydroxylation is 1. The molecule has 1 heterocycles. The fourth-order valence-electron chi connectivity index (χ4n) is 2.81. The van der Waals surface area contributed by atoms with Gasteiger partial charge in [0, 0.05) is 18.7 Å². The number of nitrogens with one attached hydrogen (secondary N) is 2. The second-order valence-corrected chi connectivity index (χ2v) is 6.07. The number of aromatic nitrogens is 2. The Hall–Kier alpha value is -3.68. The maximum Gasteiger partial charge on any atom is 0.328 e. The lowest BCUT2D eigenvalue weighted by molar-refractivity contribution is -0.117. The number of H-pyrrole nitrogens is 1. The molecule has 8 nitrogen and oxygen atoms in total. The molecule has 3 aromatic rings. The molecule has 0 saturated carbocycles. The average molecular weight is 366 g/mol. The highest BCUT2D eigenvalue weighted by Gasteiger charge is 2.09. The molecule has 0 saturated heterocycles. The highest BCUT2D eigenvalue weighted by atomic mass is 16.2. The molecule has 8 heteroatoms. The minimum atomic E-state index is -0.553. The van der Waals surface area contributed by atoms with E-state index in [1.165, 1.54) is 4.57 Å². The summed E-state index contributed by atoms with van der Waals surface area (Å²) in [5.41, 5.74) is 5.95. The fourth-order valence-corrected chi connectivity index (χ4v) is 2.81. The fraction of sp³-hybridized carbons (Fsp3) is 0.158. The molecule has 0 atom stereocenters. The van der Waals surface area contributed by atoms with E-state index in [9.17, 15) is 19.2 Å². The van der Waals surface area contributed by atoms with Gasteiger partial charge in [0.25, 0.3) is 5.56 Å². The molecular weight excluding hydrogens is 348 g/mol. The number of para-hydroxylation sites is 1. The maximum absolute atomic E-state index is 12.2. The SMILES string of the molecule is NC(=O)Cc1ccc(NC(=O)CCn2c(=O)[nH]c(=O)c3ccccc32)cc1. The number of amides is 2. The van der Waals surface area contributed by atoms with Crippen LogP contribution in [0.2, 0.25) is 0 Å². The summed E-state index contributed by atoms with van der Waals surface area (Å²) >= 11 is 0. The molecule has 3 rings (SSSR count). The topological polar surface area (TPSA) is 127 Å². The van der Waals surface area contributed by atoms with Crippen LogP contribution in [0, 0.1) is 0 Å². The first-order valence-electron chi connectivity index (χ1n) is 8.33. The van der Waals surface area contributed by atoms with Gasteiger partial charge in [0.05, 0.1) is 17.3 Å². The van der Waals surface area contributed by atoms with Gasteiger partial charge in [-0.1, -0.05) is 24.3 Å². The molecule has 27 heavy (non-hydrogen) atoms. The van der Waals surface area contributed by atoms with Crippen molar-refractivity contribution in [2.75, 3.05) is 5.32 Å². The highest BCUT2D eigenvalue weighted by molar-refractivity contribution is 5.90. The Morgan fingerprint density at radius 3 is 2.44 bits per heavy atom. The number of benzene rings is 2. The lowest BCUT2D eigenvalue weighted by Crippen LogP contribution is -2.31. The van der Waals surface area contributed by atoms with Crippen molar-refractivity contribution >= 4 is 28.4 Å². The summed E-state index contributed by atoms with van der Waals surface area (Å²) in [6, 6.07) is 13.5. The van der Waals surface area contributed by atoms with Gasteiger partial charge in [-0.05, 0) is 29.8 Å². The normalized spacial score (nSPS) is 10.7. The lowest BCUT2D eigenvalue weighted by atomic mass is 10.1. The van der Waals surface area contributed by atoms with Crippen molar-refractivity contribution < 1.29 is 9.59 Å². The maximum atomic E-state index is 12.2. The standard InChI is InChI=1S/C19H18N4O4/c20-16(24)11-12-5-7-13(8-6-12)21-17(25)9-10-23-15-4-2-1-3-14(15)18(26)22-19(23)27/h1-8H,9-11H2,(H2,20,24)(H,21,25)(H,22,26,27). The van der Waals surface area contributed by atoms with Crippen LogP contribution in [0.1, 0.15) is 12.0 Å². The van der Waals surface area contributed by atoms with E-state index in [1.807, 2.05) is 0 Å². The number of anilines is 1. The Morgan fingerprint density at radius 2 is 1.74 bits per heavy atom. The van der Waals surface area contributed by atoms with Gasteiger partial charge in [-0.15, -0.1) is 0 Å². The average Bonchev–Trinajstić information content (AvgIpc) is 2.63. The van der Waals surface area contributed by atoms with Crippen LogP contribution in [0.5, 0.6) is 0 Å². The summed E-state index contributed by atoms with van der Waals surface area (Å²) < 4.78 is 1.37. The summed E-state index contributed by atoms with van der Waals surface area (Å²) in [6.07, 6.45) is 0.190. The molecule has 0 bridgehead atoms. The first-order chi connectivity index (χ1) is 12.9. The number of hydrogen-bond acceptors (Lipinski definition) is 4. The van der Waals surface area contributed by atoms with E-state index in [2.05, 4.69) is 10.3 Å². The van der Waals surface area contributed by atoms with Crippen molar-refractivity contribution in [1.29, 1.82) is 0 Å². The van der Waals surface area contributed by atoms with Crippen LogP contribution < -0.4 is 22.3 Å². The molecule has 2 aromatic carbocycles. The number of nitrogens with two attached hydrogens (primary N) is 1. The summed E-state index contributed by atoms with van der Waals surface area (Å²) in [6.45, 7) is 0.127. The number of fused-ring (bicyclic) bond motifs is 1. The van der Waals surface area contributed by atoms with E-state index in [0.29, 0.717) is 16.6 Å². The van der Waals surface area contributed by atoms with E-state index in [0.717, 1.165) is 5.56 Å². The molecule has 4 N–H and O–H groups in total. The Morgan fingerprint density at radius 1 is 1.04 bits per heavy atom. The van der Waals surface area contributed by atoms with Gasteiger partial charge < -0.3 is 11.1 Å². The monoisotopic (exact) mass is 366 g/mol. The minimum Gasteiger partial charge on any atom is -0.369 e. The molecule has 2 amide bonds. The molecule has 0 fully saturated rings. The van der Waals surface area contributed by atoms with E-state index < -0.39 is 17.2 Å². The quantitative estimate of drug-likeness (QED) is 0.595. The van der Waals surface area contributed by atoms with E-state index in [4.69, 9.17) is 5.73 Å². The highest BCUT2D eigenvalue weighted by Crippen LogP contribution is 2.11. The van der Waals surface area contributed by atoms with Crippen LogP contribution in [0.4, 0.5) is 5.69 Å². The molecule has 0 spiro atoms. The number of carbonyl (C=O) groups excluding carboxylic acids is 2. The summed E-state index contributed by atoms with van der Waals surface area (Å²) in [7, 11) is 0. The van der Waals surface area contributed by atoms with Gasteiger partial charge in [0.15, 0.2) is 0 Å². The third-order valence-electron chi connectivity index (χ3n) is 4.08. The van der Waals surface area contributed by atoms with Gasteiger partial charge in [-0.3, -0.25) is 23.9 Å². The van der Waals surface area contributed by atoms with Crippen LogP contribution in [0.25, 0.3) is 10.9 Å². The Labute approximate surface area is 153 Å². The zero-order valence-corrected chi connectivity index (χ0v) is 14.4. The molecule has 0 unspecified atom stereocenters. The van der Waals surface area contributed by atoms with E-state index in [-0.39, 0.29) is 25.3 Å². The Balaban J connectivity index is 1.70. The Bertz CT molecular complexity index is 1110. The van der Waals surface area contributed by atoms with Crippen molar-refractivity contribution in [2.45, 2.75) is 19.4 Å². The van der Waals surface area contributed by atoms with Gasteiger partial charge in [0.1, 0.15) is 0 Å². The summed E-state index contributed by atoms with van der Waals surface area (Å²) in [4.78, 5) is 49.3. The van der Waals surface area contributed by atoms with Crippen LogP contribution >= 0.6 is 0 Å². The van der Waals surface area contributed by atoms with E-state index in [1.54, 1.807) is 48.5 Å². The number of carbonyl (C=O) groups is 2. The first kappa shape index (κ1) is 18.1. The number of aromatic amines is 1. The van der Waals surface area contributed by atoms with Gasteiger partial charge in [0.2, 0.25) is 11.8 Å². The molecular formula is C19H18N4O4.